The molecule has 0 saturated carbocycles. The monoisotopic (exact) mass is 203 g/mol. The van der Waals surface area contributed by atoms with E-state index in [9.17, 15) is 13.2 Å². The van der Waals surface area contributed by atoms with Gasteiger partial charge in [-0.15, -0.1) is 0 Å². The number of carbonyl (C=O) groups is 1. The summed E-state index contributed by atoms with van der Waals surface area (Å²) in [6.07, 6.45) is 1.72. The summed E-state index contributed by atoms with van der Waals surface area (Å²) in [4.78, 5) is 17.0. The first-order valence-corrected chi connectivity index (χ1v) is 4.52. The summed E-state index contributed by atoms with van der Waals surface area (Å²) >= 11 is 0. The van der Waals surface area contributed by atoms with E-state index in [1.54, 1.807) is 0 Å². The molecule has 7 nitrogen and oxygen atoms in total. The van der Waals surface area contributed by atoms with Crippen LogP contribution >= 0.6 is 0 Å². The summed E-state index contributed by atoms with van der Waals surface area (Å²) in [5.41, 5.74) is 0. The maximum atomic E-state index is 11.0. The van der Waals surface area contributed by atoms with Gasteiger partial charge in [-0.25, -0.2) is 14.5 Å². The second-order valence-corrected chi connectivity index (χ2v) is 3.58. The number of aromatic nitrogens is 2. The van der Waals surface area contributed by atoms with Crippen LogP contribution in [0.1, 0.15) is 0 Å². The van der Waals surface area contributed by atoms with E-state index in [0.29, 0.717) is 0 Å². The highest BCUT2D eigenvalue weighted by molar-refractivity contribution is 7.90. The highest BCUT2D eigenvalue weighted by Gasteiger charge is 2.17. The van der Waals surface area contributed by atoms with Crippen molar-refractivity contribution in [1.29, 1.82) is 0 Å². The number of hydrogen-bond donors (Lipinski definition) is 2. The van der Waals surface area contributed by atoms with Crippen molar-refractivity contribution in [3.8, 4) is 0 Å². The summed E-state index contributed by atoms with van der Waals surface area (Å²) in [5.74, 6) is 0. The molecule has 0 aromatic carbocycles. The van der Waals surface area contributed by atoms with Gasteiger partial charge in [0, 0.05) is 12.4 Å². The van der Waals surface area contributed by atoms with E-state index in [2.05, 4.69) is 9.97 Å². The van der Waals surface area contributed by atoms with E-state index in [4.69, 9.17) is 5.11 Å². The van der Waals surface area contributed by atoms with Gasteiger partial charge in [-0.05, 0) is 0 Å². The minimum absolute atomic E-state index is 0.433. The summed E-state index contributed by atoms with van der Waals surface area (Å²) in [5, 5.41) is 7.74. The summed E-state index contributed by atoms with van der Waals surface area (Å²) in [7, 11) is -4.08. The molecule has 8 heteroatoms. The van der Waals surface area contributed by atoms with E-state index in [1.807, 2.05) is 0 Å². The van der Waals surface area contributed by atoms with Gasteiger partial charge in [0.15, 0.2) is 5.03 Å². The zero-order chi connectivity index (χ0) is 9.90. The molecule has 0 aliphatic heterocycles. The Hall–Kier alpha value is -1.70. The van der Waals surface area contributed by atoms with Gasteiger partial charge in [0.05, 0.1) is 6.20 Å². The predicted octanol–water partition coefficient (Wildman–Crippen LogP) is -0.567. The lowest BCUT2D eigenvalue weighted by atomic mass is 10.8. The molecule has 0 bridgehead atoms. The number of nitrogens with zero attached hydrogens (tertiary/aromatic N) is 2. The smallest absolute Gasteiger partial charge is 0.418 e. The Morgan fingerprint density at radius 1 is 1.46 bits per heavy atom. The van der Waals surface area contributed by atoms with Crippen molar-refractivity contribution in [3.63, 3.8) is 0 Å². The molecule has 0 aliphatic carbocycles. The lowest BCUT2D eigenvalue weighted by Gasteiger charge is -2.00. The standard InChI is InChI=1S/C5H5N3O4S/c9-5(10)8-13(11,12)4-3-6-1-2-7-4/h1-3,8H,(H,9,10). The second kappa shape index (κ2) is 3.35. The highest BCUT2D eigenvalue weighted by Crippen LogP contribution is 1.99. The second-order valence-electron chi connectivity index (χ2n) is 1.95. The minimum atomic E-state index is -4.08. The highest BCUT2D eigenvalue weighted by atomic mass is 32.2. The van der Waals surface area contributed by atoms with Crippen molar-refractivity contribution >= 4 is 16.1 Å². The summed E-state index contributed by atoms with van der Waals surface area (Å²) in [6, 6.07) is 0. The third kappa shape index (κ3) is 2.37. The molecule has 0 spiro atoms. The van der Waals surface area contributed by atoms with Crippen molar-refractivity contribution in [2.75, 3.05) is 0 Å². The number of hydrogen-bond acceptors (Lipinski definition) is 5. The van der Waals surface area contributed by atoms with E-state index >= 15 is 0 Å². The number of carboxylic acid groups (broad SMARTS) is 1. The molecule has 0 fully saturated rings. The average Bonchev–Trinajstić information content (AvgIpc) is 2.04. The molecule has 0 atom stereocenters. The van der Waals surface area contributed by atoms with Crippen LogP contribution < -0.4 is 4.72 Å². The van der Waals surface area contributed by atoms with Gasteiger partial charge >= 0.3 is 6.09 Å². The van der Waals surface area contributed by atoms with Gasteiger partial charge in [-0.3, -0.25) is 4.98 Å². The van der Waals surface area contributed by atoms with Crippen LogP contribution in [-0.2, 0) is 10.0 Å². The van der Waals surface area contributed by atoms with Crippen molar-refractivity contribution in [3.05, 3.63) is 18.6 Å². The number of amides is 1. The zero-order valence-electron chi connectivity index (χ0n) is 6.21. The van der Waals surface area contributed by atoms with Crippen molar-refractivity contribution in [1.82, 2.24) is 14.7 Å². The Morgan fingerprint density at radius 3 is 2.62 bits per heavy atom. The van der Waals surface area contributed by atoms with E-state index < -0.39 is 21.1 Å². The number of sulfonamides is 1. The molecule has 0 aliphatic rings. The van der Waals surface area contributed by atoms with Crippen molar-refractivity contribution in [2.24, 2.45) is 0 Å². The van der Waals surface area contributed by atoms with Gasteiger partial charge in [0.25, 0.3) is 10.0 Å². The SMILES string of the molecule is O=C(O)NS(=O)(=O)c1cnccn1. The first kappa shape index (κ1) is 9.39. The summed E-state index contributed by atoms with van der Waals surface area (Å²) in [6.45, 7) is 0. The van der Waals surface area contributed by atoms with Crippen LogP contribution in [0.5, 0.6) is 0 Å². The molecule has 0 radical (unpaired) electrons. The van der Waals surface area contributed by atoms with Crippen LogP contribution in [0.15, 0.2) is 23.6 Å². The molecular weight excluding hydrogens is 198 g/mol. The maximum absolute atomic E-state index is 11.0. The van der Waals surface area contributed by atoms with Crippen LogP contribution in [0.4, 0.5) is 4.79 Å². The molecule has 0 saturated heterocycles. The molecular formula is C5H5N3O4S. The molecule has 2 N–H and O–H groups in total. The third-order valence-electron chi connectivity index (χ3n) is 1.04. The maximum Gasteiger partial charge on any atom is 0.418 e. The van der Waals surface area contributed by atoms with Gasteiger partial charge in [-0.2, -0.15) is 8.42 Å². The van der Waals surface area contributed by atoms with E-state index in [0.717, 1.165) is 12.4 Å². The molecule has 70 valence electrons. The first-order chi connectivity index (χ1) is 6.02. The summed E-state index contributed by atoms with van der Waals surface area (Å²) < 4.78 is 23.4. The number of nitrogens with one attached hydrogen (secondary N) is 1. The molecule has 13 heavy (non-hydrogen) atoms. The Balaban J connectivity index is 3.02. The largest absolute Gasteiger partial charge is 0.464 e. The molecule has 1 rings (SSSR count). The Bertz CT molecular complexity index is 401. The fourth-order valence-corrected chi connectivity index (χ4v) is 1.33. The molecule has 1 aromatic rings. The van der Waals surface area contributed by atoms with Crippen LogP contribution in [0.25, 0.3) is 0 Å². The Labute approximate surface area is 73.5 Å². The fourth-order valence-electron chi connectivity index (χ4n) is 0.591. The van der Waals surface area contributed by atoms with Crippen molar-refractivity contribution in [2.45, 2.75) is 5.03 Å². The first-order valence-electron chi connectivity index (χ1n) is 3.04. The average molecular weight is 203 g/mol. The van der Waals surface area contributed by atoms with Gasteiger partial charge in [0.1, 0.15) is 0 Å². The topological polar surface area (TPSA) is 109 Å². The van der Waals surface area contributed by atoms with Crippen LogP contribution in [-0.4, -0.2) is 29.6 Å². The predicted molar refractivity (Wildman–Crippen MR) is 40.4 cm³/mol. The van der Waals surface area contributed by atoms with Gasteiger partial charge in [-0.1, -0.05) is 0 Å². The zero-order valence-corrected chi connectivity index (χ0v) is 7.02. The normalized spacial score (nSPS) is 10.8. The van der Waals surface area contributed by atoms with Crippen molar-refractivity contribution < 1.29 is 18.3 Å². The molecule has 1 amide bonds. The van der Waals surface area contributed by atoms with Crippen LogP contribution in [0, 0.1) is 0 Å². The minimum Gasteiger partial charge on any atom is -0.464 e. The Morgan fingerprint density at radius 2 is 2.15 bits per heavy atom. The van der Waals surface area contributed by atoms with E-state index in [1.165, 1.54) is 10.9 Å². The molecule has 0 unspecified atom stereocenters. The fraction of sp³-hybridized carbons (Fsp3) is 0. The quantitative estimate of drug-likeness (QED) is 0.666. The van der Waals surface area contributed by atoms with Crippen LogP contribution in [0.3, 0.4) is 0 Å². The third-order valence-corrected chi connectivity index (χ3v) is 2.24. The van der Waals surface area contributed by atoms with E-state index in [-0.39, 0.29) is 0 Å². The molecule has 1 aromatic heterocycles. The Kier molecular flexibility index (Phi) is 2.42. The molecule has 1 heterocycles. The number of rotatable bonds is 2. The van der Waals surface area contributed by atoms with Gasteiger partial charge in [0.2, 0.25) is 0 Å². The van der Waals surface area contributed by atoms with Crippen LogP contribution in [0.2, 0.25) is 0 Å². The lowest BCUT2D eigenvalue weighted by Crippen LogP contribution is -2.29. The lowest BCUT2D eigenvalue weighted by molar-refractivity contribution is 0.201. The van der Waals surface area contributed by atoms with Gasteiger partial charge < -0.3 is 5.11 Å².